The van der Waals surface area contributed by atoms with Crippen molar-refractivity contribution in [2.24, 2.45) is 0 Å². The summed E-state index contributed by atoms with van der Waals surface area (Å²) in [6.07, 6.45) is 27.3. The summed E-state index contributed by atoms with van der Waals surface area (Å²) in [5.41, 5.74) is -10.6. The molecule has 0 aliphatic heterocycles. The molecule has 2 rings (SSSR count). The van der Waals surface area contributed by atoms with Gasteiger partial charge in [-0.3, -0.25) is 0 Å². The number of carbonyl (C=O) groups is 4. The number of esters is 4. The van der Waals surface area contributed by atoms with Gasteiger partial charge in [-0.2, -0.15) is 26.3 Å². The molecular weight excluding hydrogens is 1050 g/mol. The van der Waals surface area contributed by atoms with Crippen LogP contribution in [0.3, 0.4) is 0 Å². The van der Waals surface area contributed by atoms with E-state index in [4.69, 9.17) is 18.9 Å². The molecule has 0 aliphatic rings. The highest BCUT2D eigenvalue weighted by molar-refractivity contribution is 6.04. The summed E-state index contributed by atoms with van der Waals surface area (Å²) in [6, 6.07) is 3.29. The van der Waals surface area contributed by atoms with Gasteiger partial charge in [-0.05, 0) is 61.1 Å². The van der Waals surface area contributed by atoms with Crippen molar-refractivity contribution in [2.45, 2.75) is 302 Å². The number of alkyl halides is 6. The van der Waals surface area contributed by atoms with Gasteiger partial charge in [0.25, 0.3) is 0 Å². The molecule has 0 fully saturated rings. The first kappa shape index (κ1) is 73.0. The summed E-state index contributed by atoms with van der Waals surface area (Å²) in [4.78, 5) is 55.2. The molecular formula is C67H106F6O8. The second-order valence-corrected chi connectivity index (χ2v) is 22.5. The van der Waals surface area contributed by atoms with Crippen LogP contribution in [0, 0.1) is 0 Å². The van der Waals surface area contributed by atoms with E-state index in [9.17, 15) is 19.2 Å². The van der Waals surface area contributed by atoms with Crippen LogP contribution in [0.1, 0.15) is 337 Å². The topological polar surface area (TPSA) is 105 Å². The molecule has 0 spiro atoms. The fourth-order valence-corrected chi connectivity index (χ4v) is 10.6. The fourth-order valence-electron chi connectivity index (χ4n) is 10.6. The second kappa shape index (κ2) is 44.4. The summed E-state index contributed by atoms with van der Waals surface area (Å²) < 4.78 is 118. The van der Waals surface area contributed by atoms with Gasteiger partial charge in [-0.1, -0.05) is 271 Å². The normalized spacial score (nSPS) is 12.0. The Morgan fingerprint density at radius 1 is 0.284 bits per heavy atom. The van der Waals surface area contributed by atoms with Gasteiger partial charge in [0.1, 0.15) is 0 Å². The quantitative estimate of drug-likeness (QED) is 0.0279. The highest BCUT2D eigenvalue weighted by Gasteiger charge is 2.72. The molecule has 0 aliphatic carbocycles. The zero-order valence-electron chi connectivity index (χ0n) is 50.6. The molecule has 0 aromatic heterocycles. The molecule has 2 aromatic carbocycles. The molecule has 0 radical (unpaired) electrons. The number of unbranched alkanes of at least 4 members (excludes halogenated alkanes) is 36. The van der Waals surface area contributed by atoms with Crippen molar-refractivity contribution in [1.29, 1.82) is 0 Å². The molecule has 464 valence electrons. The van der Waals surface area contributed by atoms with E-state index in [-0.39, 0.29) is 26.4 Å². The predicted molar refractivity (Wildman–Crippen MR) is 314 cm³/mol. The SMILES string of the molecule is CCCCCCCCCCCCOC(=O)c1ccc(C(c2ccc(C(=O)OCCCCCCCCCCCC)c(C(=O)OCCCCCCCCCCCC)c2)(C(F)(F)F)C(F)(F)F)cc1C(=O)OCCCCCCCCCCCC. The lowest BCUT2D eigenvalue weighted by atomic mass is 9.71. The van der Waals surface area contributed by atoms with Crippen LogP contribution < -0.4 is 0 Å². The van der Waals surface area contributed by atoms with Crippen molar-refractivity contribution in [2.75, 3.05) is 26.4 Å². The van der Waals surface area contributed by atoms with Crippen LogP contribution >= 0.6 is 0 Å². The molecule has 0 heterocycles. The number of benzene rings is 2. The van der Waals surface area contributed by atoms with Crippen LogP contribution in [-0.4, -0.2) is 62.7 Å². The molecule has 14 heteroatoms. The summed E-state index contributed by atoms with van der Waals surface area (Å²) in [7, 11) is 0. The van der Waals surface area contributed by atoms with Gasteiger partial charge in [0.2, 0.25) is 5.41 Å². The zero-order chi connectivity index (χ0) is 59.5. The second-order valence-electron chi connectivity index (χ2n) is 22.5. The Balaban J connectivity index is 2.53. The maximum absolute atomic E-state index is 16.0. The average Bonchev–Trinajstić information content (AvgIpc) is 3.25. The number of hydrogen-bond donors (Lipinski definition) is 0. The van der Waals surface area contributed by atoms with Crippen LogP contribution in [0.25, 0.3) is 0 Å². The minimum atomic E-state index is -6.17. The number of ether oxygens (including phenoxy) is 4. The largest absolute Gasteiger partial charge is 0.462 e. The van der Waals surface area contributed by atoms with E-state index in [0.29, 0.717) is 62.8 Å². The Bertz CT molecular complexity index is 1840. The summed E-state index contributed by atoms with van der Waals surface area (Å²) in [5, 5.41) is 0. The Morgan fingerprint density at radius 2 is 0.469 bits per heavy atom. The summed E-state index contributed by atoms with van der Waals surface area (Å²) in [6.45, 7) is 8.13. The van der Waals surface area contributed by atoms with Gasteiger partial charge in [0.15, 0.2) is 0 Å². The first-order valence-electron chi connectivity index (χ1n) is 32.2. The molecule has 0 bridgehead atoms. The van der Waals surface area contributed by atoms with Gasteiger partial charge >= 0.3 is 36.2 Å². The predicted octanol–water partition coefficient (Wildman–Crippen LogP) is 21.4. The maximum Gasteiger partial charge on any atom is 0.411 e. The number of halogens is 6. The van der Waals surface area contributed by atoms with Gasteiger partial charge in [0.05, 0.1) is 48.7 Å². The van der Waals surface area contributed by atoms with E-state index in [1.165, 1.54) is 77.0 Å². The van der Waals surface area contributed by atoms with Crippen molar-refractivity contribution < 1.29 is 64.5 Å². The molecule has 0 saturated heterocycles. The molecule has 0 unspecified atom stereocenters. The smallest absolute Gasteiger partial charge is 0.411 e. The molecule has 0 atom stereocenters. The number of hydrogen-bond acceptors (Lipinski definition) is 8. The fraction of sp³-hybridized carbons (Fsp3) is 0.761. The Labute approximate surface area is 485 Å². The molecule has 0 saturated carbocycles. The van der Waals surface area contributed by atoms with Crippen LogP contribution in [-0.2, 0) is 24.4 Å². The first-order valence-corrected chi connectivity index (χ1v) is 32.2. The summed E-state index contributed by atoms with van der Waals surface area (Å²) in [5.74, 6) is -4.76. The lowest BCUT2D eigenvalue weighted by Gasteiger charge is -2.38. The standard InChI is InChI=1S/C67H106F6O8/c1-5-9-13-17-21-25-29-33-37-41-49-78-61(74)57-47-45-55(53-59(57)63(76)80-51-43-39-35-31-27-23-19-15-11-7-3)65(66(68,69)70,67(71,72)73)56-46-48-58(62(75)79-50-42-38-34-30-26-22-18-14-10-6-2)60(54-56)64(77)81-52-44-40-36-32-28-24-20-16-12-8-4/h45-48,53-54H,5-44,49-52H2,1-4H3. The number of carbonyl (C=O) groups excluding carboxylic acids is 4. The molecule has 8 nitrogen and oxygen atoms in total. The highest BCUT2D eigenvalue weighted by atomic mass is 19.4. The third-order valence-electron chi connectivity index (χ3n) is 15.6. The third-order valence-corrected chi connectivity index (χ3v) is 15.6. The monoisotopic (exact) mass is 1150 g/mol. The van der Waals surface area contributed by atoms with E-state index >= 15 is 26.3 Å². The minimum absolute atomic E-state index is 0.0781. The Morgan fingerprint density at radius 3 is 0.667 bits per heavy atom. The van der Waals surface area contributed by atoms with Gasteiger partial charge in [0, 0.05) is 0 Å². The van der Waals surface area contributed by atoms with E-state index in [0.717, 1.165) is 153 Å². The third kappa shape index (κ3) is 28.8. The zero-order valence-corrected chi connectivity index (χ0v) is 50.6. The minimum Gasteiger partial charge on any atom is -0.462 e. The first-order chi connectivity index (χ1) is 39.1. The lowest BCUT2D eigenvalue weighted by molar-refractivity contribution is -0.288. The average molecular weight is 1150 g/mol. The Kier molecular flexibility index (Phi) is 40.0. The molecule has 81 heavy (non-hydrogen) atoms. The van der Waals surface area contributed by atoms with Crippen molar-refractivity contribution in [3.63, 3.8) is 0 Å². The lowest BCUT2D eigenvalue weighted by Crippen LogP contribution is -2.55. The maximum atomic E-state index is 16.0. The number of rotatable bonds is 50. The van der Waals surface area contributed by atoms with E-state index in [2.05, 4.69) is 27.7 Å². The van der Waals surface area contributed by atoms with Crippen molar-refractivity contribution in [3.8, 4) is 0 Å². The highest BCUT2D eigenvalue weighted by Crippen LogP contribution is 2.56. The molecule has 0 amide bonds. The Hall–Kier alpha value is -4.10. The van der Waals surface area contributed by atoms with Crippen LogP contribution in [0.5, 0.6) is 0 Å². The van der Waals surface area contributed by atoms with Gasteiger partial charge < -0.3 is 18.9 Å². The van der Waals surface area contributed by atoms with Crippen LogP contribution in [0.4, 0.5) is 26.3 Å². The van der Waals surface area contributed by atoms with Crippen molar-refractivity contribution in [3.05, 3.63) is 69.8 Å². The van der Waals surface area contributed by atoms with Crippen LogP contribution in [0.15, 0.2) is 36.4 Å². The van der Waals surface area contributed by atoms with Crippen molar-refractivity contribution >= 4 is 23.9 Å². The van der Waals surface area contributed by atoms with E-state index in [1.807, 2.05) is 0 Å². The van der Waals surface area contributed by atoms with Crippen LogP contribution in [0.2, 0.25) is 0 Å². The van der Waals surface area contributed by atoms with Gasteiger partial charge in [-0.15, -0.1) is 0 Å². The van der Waals surface area contributed by atoms with E-state index in [1.54, 1.807) is 0 Å². The van der Waals surface area contributed by atoms with Gasteiger partial charge in [-0.25, -0.2) is 19.2 Å². The molecule has 2 aromatic rings. The summed E-state index contributed by atoms with van der Waals surface area (Å²) >= 11 is 0. The van der Waals surface area contributed by atoms with Crippen molar-refractivity contribution in [1.82, 2.24) is 0 Å². The molecule has 0 N–H and O–H groups in total. The van der Waals surface area contributed by atoms with E-state index < -0.39 is 75.0 Å².